The van der Waals surface area contributed by atoms with Crippen LogP contribution in [0.15, 0.2) is 8.42 Å². The fraction of sp³-hybridized carbons (Fsp3) is 0.412. The monoisotopic (exact) mass is 460 g/mol. The second-order valence-electron chi connectivity index (χ2n) is 6.45. The van der Waals surface area contributed by atoms with Crippen molar-refractivity contribution in [2.24, 2.45) is 0 Å². The Morgan fingerprint density at radius 3 is 1.11 bits per heavy atom. The highest BCUT2D eigenvalue weighted by Crippen LogP contribution is 2.66. The molecular weight excluding hydrogens is 446 g/mol. The minimum Gasteiger partial charge on any atom is -0.194 e. The van der Waals surface area contributed by atoms with Crippen molar-refractivity contribution in [1.29, 1.82) is 0 Å². The minimum absolute atomic E-state index is 0.239. The number of rotatable bonds is 2. The van der Waals surface area contributed by atoms with Crippen molar-refractivity contribution >= 4 is 59.1 Å². The minimum atomic E-state index is -5.55. The van der Waals surface area contributed by atoms with Crippen molar-refractivity contribution in [3.8, 4) is 0 Å². The van der Waals surface area contributed by atoms with Gasteiger partial charge in [0, 0.05) is 9.75 Å². The molecule has 2 aromatic rings. The van der Waals surface area contributed by atoms with Gasteiger partial charge < -0.3 is 0 Å². The maximum Gasteiger partial charge on any atom is 0.380 e. The van der Waals surface area contributed by atoms with Gasteiger partial charge >= 0.3 is 17.8 Å². The Kier molecular flexibility index (Phi) is 4.86. The molecule has 0 aliphatic heterocycles. The molecule has 148 valence electrons. The number of thiol groups is 2. The molecule has 0 unspecified atom stereocenters. The molecule has 0 saturated heterocycles. The number of allylic oxidation sites excluding steroid dienone is 2. The average Bonchev–Trinajstić information content (AvgIpc) is 2.99. The van der Waals surface area contributed by atoms with E-state index >= 15 is 0 Å². The normalized spacial score (nSPS) is 20.6. The van der Waals surface area contributed by atoms with Crippen LogP contribution in [0, 0.1) is 27.7 Å². The molecule has 0 spiro atoms. The zero-order chi connectivity index (χ0) is 20.7. The van der Waals surface area contributed by atoms with Gasteiger partial charge in [-0.25, -0.2) is 0 Å². The molecule has 0 radical (unpaired) electrons. The summed E-state index contributed by atoms with van der Waals surface area (Å²) in [6, 6.07) is 0. The molecule has 10 heteroatoms. The molecule has 0 amide bonds. The molecule has 0 bridgehead atoms. The van der Waals surface area contributed by atoms with Crippen LogP contribution in [0.1, 0.15) is 32.0 Å². The van der Waals surface area contributed by atoms with Crippen molar-refractivity contribution in [2.45, 2.75) is 53.9 Å². The van der Waals surface area contributed by atoms with E-state index in [4.69, 9.17) is 0 Å². The van der Waals surface area contributed by atoms with Gasteiger partial charge in [0.1, 0.15) is 0 Å². The molecule has 0 N–H and O–H groups in total. The first-order chi connectivity index (χ1) is 12.2. The van der Waals surface area contributed by atoms with E-state index in [-0.39, 0.29) is 20.9 Å². The third-order valence-corrected chi connectivity index (χ3v) is 8.61. The van der Waals surface area contributed by atoms with E-state index in [1.165, 1.54) is 13.8 Å². The lowest BCUT2D eigenvalue weighted by Crippen LogP contribution is -2.48. The van der Waals surface area contributed by atoms with Crippen LogP contribution in [0.4, 0.5) is 26.3 Å². The number of alkyl halides is 6. The molecule has 1 aliphatic rings. The van der Waals surface area contributed by atoms with Gasteiger partial charge in [0.15, 0.2) is 0 Å². The molecule has 0 nitrogen and oxygen atoms in total. The topological polar surface area (TPSA) is 0 Å². The zero-order valence-electron chi connectivity index (χ0n) is 14.5. The van der Waals surface area contributed by atoms with Gasteiger partial charge in [-0.1, -0.05) is 0 Å². The van der Waals surface area contributed by atoms with Crippen LogP contribution in [-0.4, -0.2) is 17.8 Å². The fourth-order valence-electron chi connectivity index (χ4n) is 2.98. The van der Waals surface area contributed by atoms with Gasteiger partial charge in [0.05, 0.1) is 19.6 Å². The first kappa shape index (κ1) is 21.1. The van der Waals surface area contributed by atoms with Gasteiger partial charge in [-0.05, 0) is 49.9 Å². The zero-order valence-corrected chi connectivity index (χ0v) is 17.9. The van der Waals surface area contributed by atoms with Gasteiger partial charge in [-0.15, -0.1) is 47.9 Å². The standard InChI is InChI=1S/C17H14F6S4/c1-5-7(3)13(24)26-11(5)9-10(12-6(2)8(4)14(25)27-12)16(20,21)17(22,23)15(9,18)19/h24-25H,1-4H3. The van der Waals surface area contributed by atoms with Crippen LogP contribution in [0.5, 0.6) is 0 Å². The second kappa shape index (κ2) is 6.21. The van der Waals surface area contributed by atoms with Crippen LogP contribution in [0.25, 0.3) is 11.1 Å². The van der Waals surface area contributed by atoms with Crippen LogP contribution in [0.2, 0.25) is 0 Å². The Morgan fingerprint density at radius 2 is 0.889 bits per heavy atom. The molecule has 3 rings (SSSR count). The first-order valence-corrected chi connectivity index (χ1v) is 10.2. The highest BCUT2D eigenvalue weighted by Gasteiger charge is 2.80. The van der Waals surface area contributed by atoms with Crippen LogP contribution >= 0.6 is 47.9 Å². The Bertz CT molecular complexity index is 904. The molecule has 2 aromatic heterocycles. The van der Waals surface area contributed by atoms with Crippen molar-refractivity contribution < 1.29 is 26.3 Å². The summed E-state index contributed by atoms with van der Waals surface area (Å²) in [5, 5.41) is 0. The third-order valence-electron chi connectivity index (χ3n) is 4.97. The van der Waals surface area contributed by atoms with E-state index in [1.54, 1.807) is 13.8 Å². The number of hydrogen-bond donors (Lipinski definition) is 2. The maximum atomic E-state index is 14.7. The Morgan fingerprint density at radius 1 is 0.593 bits per heavy atom. The lowest BCUT2D eigenvalue weighted by atomic mass is 9.99. The maximum absolute atomic E-state index is 14.7. The lowest BCUT2D eigenvalue weighted by molar-refractivity contribution is -0.254. The van der Waals surface area contributed by atoms with Crippen molar-refractivity contribution in [3.63, 3.8) is 0 Å². The summed E-state index contributed by atoms with van der Waals surface area (Å²) < 4.78 is 88.2. The number of thiophene rings is 2. The van der Waals surface area contributed by atoms with Gasteiger partial charge in [-0.3, -0.25) is 0 Å². The van der Waals surface area contributed by atoms with Gasteiger partial charge in [-0.2, -0.15) is 26.3 Å². The Labute approximate surface area is 171 Å². The number of halogens is 6. The Balaban J connectivity index is 2.50. The molecule has 2 heterocycles. The smallest absolute Gasteiger partial charge is 0.194 e. The van der Waals surface area contributed by atoms with Gasteiger partial charge in [0.2, 0.25) is 0 Å². The van der Waals surface area contributed by atoms with E-state index in [0.29, 0.717) is 42.2 Å². The molecule has 0 aromatic carbocycles. The molecule has 0 saturated carbocycles. The van der Waals surface area contributed by atoms with E-state index in [9.17, 15) is 26.3 Å². The average molecular weight is 461 g/mol. The van der Waals surface area contributed by atoms with Crippen molar-refractivity contribution in [3.05, 3.63) is 32.0 Å². The number of hydrogen-bond acceptors (Lipinski definition) is 4. The largest absolute Gasteiger partial charge is 0.380 e. The quantitative estimate of drug-likeness (QED) is 0.337. The molecular formula is C17H14F6S4. The van der Waals surface area contributed by atoms with E-state index in [1.807, 2.05) is 0 Å². The Hall–Kier alpha value is -0.580. The van der Waals surface area contributed by atoms with Crippen LogP contribution < -0.4 is 0 Å². The summed E-state index contributed by atoms with van der Waals surface area (Å²) in [6.07, 6.45) is 0. The van der Waals surface area contributed by atoms with E-state index in [2.05, 4.69) is 25.3 Å². The predicted molar refractivity (Wildman–Crippen MR) is 104 cm³/mol. The highest BCUT2D eigenvalue weighted by molar-refractivity contribution is 7.83. The molecule has 1 aliphatic carbocycles. The summed E-state index contributed by atoms with van der Waals surface area (Å²) in [4.78, 5) is -0.582. The third kappa shape index (κ3) is 2.59. The van der Waals surface area contributed by atoms with Crippen molar-refractivity contribution in [1.82, 2.24) is 0 Å². The van der Waals surface area contributed by atoms with Crippen LogP contribution in [0.3, 0.4) is 0 Å². The van der Waals surface area contributed by atoms with Crippen LogP contribution in [-0.2, 0) is 0 Å². The highest BCUT2D eigenvalue weighted by atomic mass is 32.2. The summed E-state index contributed by atoms with van der Waals surface area (Å²) in [5.74, 6) is -15.6. The first-order valence-electron chi connectivity index (χ1n) is 7.65. The molecule has 0 atom stereocenters. The fourth-order valence-corrected chi connectivity index (χ4v) is 6.13. The summed E-state index contributed by atoms with van der Waals surface area (Å²) in [6.45, 7) is 6.03. The molecule has 0 fully saturated rings. The lowest BCUT2D eigenvalue weighted by Gasteiger charge is -2.25. The predicted octanol–water partition coefficient (Wildman–Crippen LogP) is 7.45. The second-order valence-corrected chi connectivity index (χ2v) is 9.99. The molecule has 27 heavy (non-hydrogen) atoms. The van der Waals surface area contributed by atoms with Gasteiger partial charge in [0.25, 0.3) is 0 Å². The van der Waals surface area contributed by atoms with Crippen molar-refractivity contribution in [2.75, 3.05) is 0 Å². The van der Waals surface area contributed by atoms with E-state index < -0.39 is 28.9 Å². The summed E-state index contributed by atoms with van der Waals surface area (Å²) in [7, 11) is 0. The van der Waals surface area contributed by atoms with E-state index in [0.717, 1.165) is 0 Å². The SMILES string of the molecule is Cc1c(S)sc(C2=C(c3sc(S)c(C)c3C)C(F)(F)C(F)(F)C2(F)F)c1C. The summed E-state index contributed by atoms with van der Waals surface area (Å²) >= 11 is 9.70. The summed E-state index contributed by atoms with van der Waals surface area (Å²) in [5.41, 5.74) is -1.17.